The number of fused-ring (bicyclic) bond motifs is 1. The van der Waals surface area contributed by atoms with Crippen LogP contribution in [0.4, 0.5) is 13.2 Å². The SMILES string of the molecule is O=c1c(-c2cccc(C(F)(F)F)c2)c([O-])[n+](Cc2ccccc2Oc2ccc(Br)cc2)c2ccccn12. The second-order valence-electron chi connectivity index (χ2n) is 8.24. The van der Waals surface area contributed by atoms with E-state index in [2.05, 4.69) is 15.9 Å². The molecule has 0 saturated carbocycles. The summed E-state index contributed by atoms with van der Waals surface area (Å²) in [6, 6.07) is 23.5. The quantitative estimate of drug-likeness (QED) is 0.247. The van der Waals surface area contributed by atoms with Crippen LogP contribution in [0.1, 0.15) is 11.1 Å². The van der Waals surface area contributed by atoms with E-state index >= 15 is 0 Å². The van der Waals surface area contributed by atoms with Gasteiger partial charge in [-0.3, -0.25) is 0 Å². The highest BCUT2D eigenvalue weighted by molar-refractivity contribution is 9.10. The molecular formula is C28H18BrF3N2O3. The molecule has 5 aromatic rings. The number of ether oxygens (including phenoxy) is 1. The maximum absolute atomic E-state index is 13.7. The normalized spacial score (nSPS) is 11.6. The van der Waals surface area contributed by atoms with Crippen LogP contribution >= 0.6 is 15.9 Å². The van der Waals surface area contributed by atoms with Crippen molar-refractivity contribution in [1.29, 1.82) is 0 Å². The summed E-state index contributed by atoms with van der Waals surface area (Å²) < 4.78 is 49.7. The molecule has 0 atom stereocenters. The number of pyridine rings is 1. The van der Waals surface area contributed by atoms with Gasteiger partial charge in [0.25, 0.3) is 5.65 Å². The first-order chi connectivity index (χ1) is 17.7. The Morgan fingerprint density at radius 2 is 1.65 bits per heavy atom. The highest BCUT2D eigenvalue weighted by Gasteiger charge is 2.31. The summed E-state index contributed by atoms with van der Waals surface area (Å²) in [6.07, 6.45) is -3.14. The lowest BCUT2D eigenvalue weighted by molar-refractivity contribution is -0.708. The number of hydrogen-bond acceptors (Lipinski definition) is 3. The zero-order chi connectivity index (χ0) is 26.2. The van der Waals surface area contributed by atoms with Gasteiger partial charge in [0, 0.05) is 16.1 Å². The third-order valence-electron chi connectivity index (χ3n) is 5.83. The van der Waals surface area contributed by atoms with Crippen LogP contribution in [0.5, 0.6) is 17.4 Å². The summed E-state index contributed by atoms with van der Waals surface area (Å²) >= 11 is 3.38. The number of para-hydroxylation sites is 1. The molecule has 37 heavy (non-hydrogen) atoms. The van der Waals surface area contributed by atoms with Gasteiger partial charge in [-0.2, -0.15) is 17.6 Å². The van der Waals surface area contributed by atoms with Crippen LogP contribution in [0.15, 0.2) is 106 Å². The van der Waals surface area contributed by atoms with Gasteiger partial charge < -0.3 is 9.84 Å². The standard InChI is InChI=1S/C28H18BrF3N2O3/c29-21-11-13-22(14-12-21)37-23-9-2-1-6-19(23)17-34-24-10-3-4-15-33(24)26(35)25(27(34)36)18-7-5-8-20(16-18)28(30,31)32/h1-16H,17H2. The van der Waals surface area contributed by atoms with Crippen molar-refractivity contribution in [2.45, 2.75) is 12.7 Å². The van der Waals surface area contributed by atoms with E-state index in [1.165, 1.54) is 27.3 Å². The molecule has 186 valence electrons. The number of halogens is 4. The van der Waals surface area contributed by atoms with E-state index < -0.39 is 23.2 Å². The van der Waals surface area contributed by atoms with E-state index in [1.807, 2.05) is 12.1 Å². The van der Waals surface area contributed by atoms with Crippen molar-refractivity contribution in [2.75, 3.05) is 0 Å². The van der Waals surface area contributed by atoms with Gasteiger partial charge in [-0.1, -0.05) is 52.3 Å². The van der Waals surface area contributed by atoms with Crippen molar-refractivity contribution < 1.29 is 27.6 Å². The highest BCUT2D eigenvalue weighted by Crippen LogP contribution is 2.33. The topological polar surface area (TPSA) is 57.6 Å². The van der Waals surface area contributed by atoms with Crippen molar-refractivity contribution in [3.8, 4) is 28.5 Å². The molecule has 0 spiro atoms. The Hall–Kier alpha value is -4.11. The maximum atomic E-state index is 13.7. The third kappa shape index (κ3) is 4.95. The van der Waals surface area contributed by atoms with Crippen molar-refractivity contribution >= 4 is 21.6 Å². The van der Waals surface area contributed by atoms with Crippen molar-refractivity contribution in [1.82, 2.24) is 4.40 Å². The number of rotatable bonds is 5. The van der Waals surface area contributed by atoms with Crippen LogP contribution in [0.3, 0.4) is 0 Å². The van der Waals surface area contributed by atoms with Gasteiger partial charge in [-0.15, -0.1) is 0 Å². The Kier molecular flexibility index (Phi) is 6.47. The molecule has 0 aliphatic carbocycles. The highest BCUT2D eigenvalue weighted by atomic mass is 79.9. The van der Waals surface area contributed by atoms with E-state index in [-0.39, 0.29) is 17.7 Å². The van der Waals surface area contributed by atoms with Gasteiger partial charge in [0.05, 0.1) is 17.6 Å². The van der Waals surface area contributed by atoms with Crippen LogP contribution in [0.25, 0.3) is 16.8 Å². The first-order valence-corrected chi connectivity index (χ1v) is 11.9. The fraction of sp³-hybridized carbons (Fsp3) is 0.0714. The third-order valence-corrected chi connectivity index (χ3v) is 6.36. The van der Waals surface area contributed by atoms with E-state index in [1.54, 1.807) is 54.6 Å². The average molecular weight is 567 g/mol. The minimum atomic E-state index is -4.62. The first kappa shape index (κ1) is 24.6. The van der Waals surface area contributed by atoms with Gasteiger partial charge in [-0.05, 0) is 54.1 Å². The Labute approximate surface area is 217 Å². The summed E-state index contributed by atoms with van der Waals surface area (Å²) in [5.41, 5.74) is -1.15. The lowest BCUT2D eigenvalue weighted by Gasteiger charge is -2.19. The molecule has 9 heteroatoms. The van der Waals surface area contributed by atoms with Crippen LogP contribution in [0, 0.1) is 0 Å². The summed E-state index contributed by atoms with van der Waals surface area (Å²) in [6.45, 7) is 0.0191. The molecule has 0 fully saturated rings. The van der Waals surface area contributed by atoms with Crippen LogP contribution in [0.2, 0.25) is 0 Å². The zero-order valence-corrected chi connectivity index (χ0v) is 20.7. The Morgan fingerprint density at radius 1 is 0.919 bits per heavy atom. The van der Waals surface area contributed by atoms with E-state index in [4.69, 9.17) is 4.74 Å². The molecule has 0 saturated heterocycles. The van der Waals surface area contributed by atoms with Gasteiger partial charge >= 0.3 is 11.7 Å². The van der Waals surface area contributed by atoms with Crippen LogP contribution in [-0.4, -0.2) is 4.40 Å². The second kappa shape index (κ2) is 9.74. The monoisotopic (exact) mass is 566 g/mol. The molecule has 3 aromatic carbocycles. The van der Waals surface area contributed by atoms with Gasteiger partial charge in [-0.25, -0.2) is 9.36 Å². The van der Waals surface area contributed by atoms with Gasteiger partial charge in [0.1, 0.15) is 23.6 Å². The van der Waals surface area contributed by atoms with Crippen molar-refractivity contribution in [3.05, 3.63) is 123 Å². The van der Waals surface area contributed by atoms with Crippen LogP contribution in [-0.2, 0) is 12.7 Å². The molecule has 2 aromatic heterocycles. The molecule has 0 radical (unpaired) electrons. The molecule has 5 rings (SSSR count). The molecule has 0 bridgehead atoms. The minimum Gasteiger partial charge on any atom is -0.842 e. The average Bonchev–Trinajstić information content (AvgIpc) is 2.88. The van der Waals surface area contributed by atoms with E-state index in [0.717, 1.165) is 16.6 Å². The number of nitrogens with zero attached hydrogens (tertiary/aromatic N) is 2. The lowest BCUT2D eigenvalue weighted by Crippen LogP contribution is -2.44. The molecule has 0 unspecified atom stereocenters. The lowest BCUT2D eigenvalue weighted by atomic mass is 10.0. The Bertz CT molecular complexity index is 1670. The predicted molar refractivity (Wildman–Crippen MR) is 134 cm³/mol. The maximum Gasteiger partial charge on any atom is 0.416 e. The number of benzene rings is 3. The molecule has 0 amide bonds. The first-order valence-electron chi connectivity index (χ1n) is 11.2. The predicted octanol–water partition coefficient (Wildman–Crippen LogP) is 5.95. The molecular weight excluding hydrogens is 549 g/mol. The summed E-state index contributed by atoms with van der Waals surface area (Å²) in [7, 11) is 0. The van der Waals surface area contributed by atoms with Crippen LogP contribution < -0.4 is 20.0 Å². The summed E-state index contributed by atoms with van der Waals surface area (Å²) in [4.78, 5) is 13.3. The Balaban J connectivity index is 1.66. The summed E-state index contributed by atoms with van der Waals surface area (Å²) in [5.74, 6) is 0.383. The Morgan fingerprint density at radius 3 is 2.41 bits per heavy atom. The van der Waals surface area contributed by atoms with Crippen molar-refractivity contribution in [3.63, 3.8) is 0 Å². The van der Waals surface area contributed by atoms with E-state index in [0.29, 0.717) is 22.7 Å². The fourth-order valence-electron chi connectivity index (χ4n) is 4.06. The van der Waals surface area contributed by atoms with Crippen molar-refractivity contribution in [2.24, 2.45) is 0 Å². The number of aromatic nitrogens is 2. The summed E-state index contributed by atoms with van der Waals surface area (Å²) in [5, 5.41) is 13.7. The van der Waals surface area contributed by atoms with Gasteiger partial charge in [0.15, 0.2) is 0 Å². The molecule has 0 aliphatic rings. The smallest absolute Gasteiger partial charge is 0.416 e. The van der Waals surface area contributed by atoms with E-state index in [9.17, 15) is 23.1 Å². The zero-order valence-electron chi connectivity index (χ0n) is 19.1. The van der Waals surface area contributed by atoms with Gasteiger partial charge in [0.2, 0.25) is 0 Å². The molecule has 2 heterocycles. The molecule has 0 N–H and O–H groups in total. The largest absolute Gasteiger partial charge is 0.842 e. The molecule has 5 nitrogen and oxygen atoms in total. The number of alkyl halides is 3. The fourth-order valence-corrected chi connectivity index (χ4v) is 4.33. The second-order valence-corrected chi connectivity index (χ2v) is 9.16. The minimum absolute atomic E-state index is 0.0191. The number of hydrogen-bond donors (Lipinski definition) is 0. The molecule has 0 aliphatic heterocycles.